The highest BCUT2D eigenvalue weighted by molar-refractivity contribution is 6.35. The van der Waals surface area contributed by atoms with E-state index in [0.717, 1.165) is 0 Å². The molecule has 1 unspecified atom stereocenters. The first-order valence-corrected chi connectivity index (χ1v) is 7.27. The molecule has 1 atom stereocenters. The van der Waals surface area contributed by atoms with Crippen molar-refractivity contribution in [3.05, 3.63) is 28.2 Å². The van der Waals surface area contributed by atoms with E-state index in [1.807, 2.05) is 13.8 Å². The van der Waals surface area contributed by atoms with Crippen molar-refractivity contribution in [1.29, 1.82) is 0 Å². The normalized spacial score (nSPS) is 12.0. The summed E-state index contributed by atoms with van der Waals surface area (Å²) in [5.41, 5.74) is 0.445. The first-order valence-electron chi connectivity index (χ1n) is 6.51. The maximum Gasteiger partial charge on any atom is 0.319 e. The highest BCUT2D eigenvalue weighted by Crippen LogP contribution is 2.22. The van der Waals surface area contributed by atoms with Crippen LogP contribution in [0.3, 0.4) is 0 Å². The molecule has 21 heavy (non-hydrogen) atoms. The van der Waals surface area contributed by atoms with Crippen LogP contribution in [0.4, 0.5) is 10.5 Å². The zero-order chi connectivity index (χ0) is 16.0. The lowest BCUT2D eigenvalue weighted by Crippen LogP contribution is -2.36. The molecule has 0 aromatic heterocycles. The van der Waals surface area contributed by atoms with Crippen LogP contribution in [-0.2, 0) is 4.79 Å². The second-order valence-corrected chi connectivity index (χ2v) is 6.03. The summed E-state index contributed by atoms with van der Waals surface area (Å²) in [6, 6.07) is 4.16. The molecule has 7 heteroatoms. The van der Waals surface area contributed by atoms with Gasteiger partial charge in [0.15, 0.2) is 0 Å². The zero-order valence-electron chi connectivity index (χ0n) is 11.8. The van der Waals surface area contributed by atoms with Crippen LogP contribution in [0.15, 0.2) is 18.2 Å². The van der Waals surface area contributed by atoms with E-state index in [1.165, 1.54) is 0 Å². The van der Waals surface area contributed by atoms with Crippen LogP contribution in [0.25, 0.3) is 0 Å². The highest BCUT2D eigenvalue weighted by Gasteiger charge is 2.19. The molecule has 1 aromatic rings. The van der Waals surface area contributed by atoms with E-state index >= 15 is 0 Å². The monoisotopic (exact) mass is 332 g/mol. The number of carbonyl (C=O) groups is 2. The van der Waals surface area contributed by atoms with Crippen molar-refractivity contribution in [3.63, 3.8) is 0 Å². The van der Waals surface area contributed by atoms with E-state index in [2.05, 4.69) is 10.6 Å². The Hall–Kier alpha value is -1.46. The number of carboxylic acids is 1. The van der Waals surface area contributed by atoms with Gasteiger partial charge in [-0.25, -0.2) is 4.79 Å². The molecule has 0 heterocycles. The summed E-state index contributed by atoms with van der Waals surface area (Å²) in [6.45, 7) is 3.93. The van der Waals surface area contributed by atoms with E-state index in [4.69, 9.17) is 28.3 Å². The Kier molecular flexibility index (Phi) is 6.78. The number of urea groups is 1. The van der Waals surface area contributed by atoms with E-state index < -0.39 is 17.9 Å². The molecule has 3 N–H and O–H groups in total. The molecule has 116 valence electrons. The molecule has 0 bridgehead atoms. The maximum atomic E-state index is 11.7. The Bertz CT molecular complexity index is 501. The first-order chi connectivity index (χ1) is 9.77. The Labute approximate surface area is 133 Å². The number of benzene rings is 1. The van der Waals surface area contributed by atoms with Crippen LogP contribution in [-0.4, -0.2) is 23.7 Å². The molecule has 0 radical (unpaired) electrons. The predicted octanol–water partition coefficient (Wildman–Crippen LogP) is 3.86. The molecule has 5 nitrogen and oxygen atoms in total. The smallest absolute Gasteiger partial charge is 0.319 e. The molecule has 0 saturated carbocycles. The molecule has 0 aliphatic carbocycles. The molecule has 0 aliphatic heterocycles. The fourth-order valence-electron chi connectivity index (χ4n) is 1.86. The SMILES string of the molecule is CC(C)CC(CNC(=O)Nc1cc(Cl)cc(Cl)c1)C(=O)O. The summed E-state index contributed by atoms with van der Waals surface area (Å²) in [4.78, 5) is 22.8. The minimum atomic E-state index is -0.921. The van der Waals surface area contributed by atoms with E-state index in [-0.39, 0.29) is 12.5 Å². The average molecular weight is 333 g/mol. The Morgan fingerprint density at radius 2 is 1.76 bits per heavy atom. The minimum Gasteiger partial charge on any atom is -0.481 e. The average Bonchev–Trinajstić information content (AvgIpc) is 2.32. The highest BCUT2D eigenvalue weighted by atomic mass is 35.5. The Balaban J connectivity index is 2.54. The predicted molar refractivity (Wildman–Crippen MR) is 84.1 cm³/mol. The van der Waals surface area contributed by atoms with Gasteiger partial charge in [0, 0.05) is 22.3 Å². The number of nitrogens with one attached hydrogen (secondary N) is 2. The first kappa shape index (κ1) is 17.6. The van der Waals surface area contributed by atoms with E-state index in [1.54, 1.807) is 18.2 Å². The number of carboxylic acid groups (broad SMARTS) is 1. The lowest BCUT2D eigenvalue weighted by atomic mass is 9.97. The van der Waals surface area contributed by atoms with Crippen molar-refractivity contribution in [2.75, 3.05) is 11.9 Å². The second-order valence-electron chi connectivity index (χ2n) is 5.16. The fraction of sp³-hybridized carbons (Fsp3) is 0.429. The Morgan fingerprint density at radius 3 is 2.24 bits per heavy atom. The summed E-state index contributed by atoms with van der Waals surface area (Å²) < 4.78 is 0. The topological polar surface area (TPSA) is 78.4 Å². The van der Waals surface area contributed by atoms with Crippen LogP contribution < -0.4 is 10.6 Å². The number of aliphatic carboxylic acids is 1. The third kappa shape index (κ3) is 6.69. The summed E-state index contributed by atoms with van der Waals surface area (Å²) in [7, 11) is 0. The molecule has 1 rings (SSSR count). The standard InChI is InChI=1S/C14H18Cl2N2O3/c1-8(2)3-9(13(19)20)7-17-14(21)18-12-5-10(15)4-11(16)6-12/h4-6,8-9H,3,7H2,1-2H3,(H,19,20)(H2,17,18,21). The largest absolute Gasteiger partial charge is 0.481 e. The molecular formula is C14H18Cl2N2O3. The van der Waals surface area contributed by atoms with Crippen molar-refractivity contribution >= 4 is 40.9 Å². The third-order valence-corrected chi connectivity index (χ3v) is 3.17. The van der Waals surface area contributed by atoms with Crippen molar-refractivity contribution in [2.45, 2.75) is 20.3 Å². The molecule has 0 fully saturated rings. The van der Waals surface area contributed by atoms with Gasteiger partial charge in [0.1, 0.15) is 0 Å². The number of amides is 2. The molecule has 1 aromatic carbocycles. The summed E-state index contributed by atoms with van der Waals surface area (Å²) in [5.74, 6) is -1.30. The number of rotatable bonds is 6. The number of hydrogen-bond donors (Lipinski definition) is 3. The summed E-state index contributed by atoms with van der Waals surface area (Å²) in [5, 5.41) is 15.0. The van der Waals surface area contributed by atoms with Gasteiger partial charge in [-0.1, -0.05) is 37.0 Å². The minimum absolute atomic E-state index is 0.0631. The van der Waals surface area contributed by atoms with Gasteiger partial charge < -0.3 is 15.7 Å². The molecule has 2 amide bonds. The second kappa shape index (κ2) is 8.10. The lowest BCUT2D eigenvalue weighted by Gasteiger charge is -2.15. The lowest BCUT2D eigenvalue weighted by molar-refractivity contribution is -0.142. The molecule has 0 saturated heterocycles. The van der Waals surface area contributed by atoms with Gasteiger partial charge in [0.25, 0.3) is 0 Å². The quantitative estimate of drug-likeness (QED) is 0.740. The van der Waals surface area contributed by atoms with E-state index in [0.29, 0.717) is 22.2 Å². The van der Waals surface area contributed by atoms with Crippen LogP contribution in [0.1, 0.15) is 20.3 Å². The molecule has 0 aliphatic rings. The molecular weight excluding hydrogens is 315 g/mol. The number of carbonyl (C=O) groups excluding carboxylic acids is 1. The van der Waals surface area contributed by atoms with Gasteiger partial charge in [-0.2, -0.15) is 0 Å². The number of halogens is 2. The molecule has 0 spiro atoms. The zero-order valence-corrected chi connectivity index (χ0v) is 13.3. The van der Waals surface area contributed by atoms with Gasteiger partial charge in [-0.15, -0.1) is 0 Å². The summed E-state index contributed by atoms with van der Waals surface area (Å²) in [6.07, 6.45) is 0.499. The van der Waals surface area contributed by atoms with E-state index in [9.17, 15) is 9.59 Å². The van der Waals surface area contributed by atoms with Crippen molar-refractivity contribution in [2.24, 2.45) is 11.8 Å². The van der Waals surface area contributed by atoms with Gasteiger partial charge in [0.05, 0.1) is 5.92 Å². The van der Waals surface area contributed by atoms with Gasteiger partial charge >= 0.3 is 12.0 Å². The van der Waals surface area contributed by atoms with Crippen LogP contribution in [0.2, 0.25) is 10.0 Å². The van der Waals surface area contributed by atoms with Crippen molar-refractivity contribution < 1.29 is 14.7 Å². The van der Waals surface area contributed by atoms with Crippen molar-refractivity contribution in [3.8, 4) is 0 Å². The fourth-order valence-corrected chi connectivity index (χ4v) is 2.38. The van der Waals surface area contributed by atoms with Crippen molar-refractivity contribution in [1.82, 2.24) is 5.32 Å². The van der Waals surface area contributed by atoms with Crippen LogP contribution >= 0.6 is 23.2 Å². The maximum absolute atomic E-state index is 11.7. The number of anilines is 1. The third-order valence-electron chi connectivity index (χ3n) is 2.73. The summed E-state index contributed by atoms with van der Waals surface area (Å²) >= 11 is 11.7. The van der Waals surface area contributed by atoms with Gasteiger partial charge in [-0.3, -0.25) is 4.79 Å². The van der Waals surface area contributed by atoms with Crippen LogP contribution in [0.5, 0.6) is 0 Å². The van der Waals surface area contributed by atoms with Gasteiger partial charge in [0.2, 0.25) is 0 Å². The van der Waals surface area contributed by atoms with Gasteiger partial charge in [-0.05, 0) is 30.5 Å². The van der Waals surface area contributed by atoms with Crippen LogP contribution in [0, 0.1) is 11.8 Å². The number of hydrogen-bond acceptors (Lipinski definition) is 2. The Morgan fingerprint density at radius 1 is 1.19 bits per heavy atom.